The van der Waals surface area contributed by atoms with Gasteiger partial charge < -0.3 is 10.1 Å². The number of imide groups is 1. The highest BCUT2D eigenvalue weighted by Gasteiger charge is 2.48. The van der Waals surface area contributed by atoms with Crippen molar-refractivity contribution in [2.45, 2.75) is 25.6 Å². The number of nitriles is 1. The van der Waals surface area contributed by atoms with Gasteiger partial charge in [-0.15, -0.1) is 0 Å². The summed E-state index contributed by atoms with van der Waals surface area (Å²) < 4.78 is 28.8. The van der Waals surface area contributed by atoms with Crippen LogP contribution in [-0.2, 0) is 16.9 Å². The number of nitrogens with one attached hydrogen (secondary N) is 1. The summed E-state index contributed by atoms with van der Waals surface area (Å²) in [5.41, 5.74) is 0.312. The number of carbonyl (C=O) groups excluding carboxylic acids is 2. The van der Waals surface area contributed by atoms with Crippen LogP contribution in [0.3, 0.4) is 0 Å². The number of amides is 3. The lowest BCUT2D eigenvalue weighted by molar-refractivity contribution is -0.131. The molecular formula is C19H15F2N3O3. The predicted molar refractivity (Wildman–Crippen MR) is 90.7 cm³/mol. The molecule has 0 aromatic heterocycles. The fourth-order valence-corrected chi connectivity index (χ4v) is 2.87. The summed E-state index contributed by atoms with van der Waals surface area (Å²) in [4.78, 5) is 26.3. The molecule has 1 aliphatic rings. The minimum absolute atomic E-state index is 0.0384. The fraction of sp³-hybridized carbons (Fsp3) is 0.211. The van der Waals surface area contributed by atoms with Crippen LogP contribution >= 0.6 is 0 Å². The Kier molecular flexibility index (Phi) is 4.77. The Morgan fingerprint density at radius 1 is 1.15 bits per heavy atom. The average molecular weight is 371 g/mol. The number of alkyl halides is 2. The third kappa shape index (κ3) is 3.58. The Balaban J connectivity index is 1.80. The van der Waals surface area contributed by atoms with Crippen LogP contribution in [0.1, 0.15) is 23.6 Å². The molecule has 1 atom stereocenters. The van der Waals surface area contributed by atoms with Crippen LogP contribution in [0.15, 0.2) is 48.5 Å². The zero-order valence-corrected chi connectivity index (χ0v) is 14.3. The molecule has 1 heterocycles. The van der Waals surface area contributed by atoms with Crippen molar-refractivity contribution in [3.8, 4) is 11.8 Å². The van der Waals surface area contributed by atoms with E-state index < -0.39 is 24.1 Å². The van der Waals surface area contributed by atoms with Gasteiger partial charge in [0.1, 0.15) is 11.3 Å². The first kappa shape index (κ1) is 18.3. The number of hydrogen-bond donors (Lipinski definition) is 1. The van der Waals surface area contributed by atoms with Crippen molar-refractivity contribution in [2.75, 3.05) is 0 Å². The van der Waals surface area contributed by atoms with E-state index in [2.05, 4.69) is 10.1 Å². The Hall–Kier alpha value is -3.47. The number of ether oxygens (including phenoxy) is 1. The summed E-state index contributed by atoms with van der Waals surface area (Å²) in [6.07, 6.45) is 0. The van der Waals surface area contributed by atoms with Gasteiger partial charge in [-0.25, -0.2) is 4.79 Å². The molecule has 3 amide bonds. The maximum atomic E-state index is 12.9. The van der Waals surface area contributed by atoms with E-state index in [0.29, 0.717) is 16.7 Å². The highest BCUT2D eigenvalue weighted by Crippen LogP contribution is 2.31. The van der Waals surface area contributed by atoms with Crippen LogP contribution in [-0.4, -0.2) is 23.4 Å². The SMILES string of the molecule is C[C@]1(c2ccc(OC(F)F)cc2)NC(=O)N(Cc2ccc(C#N)cc2)C1=O. The molecule has 1 fully saturated rings. The molecule has 0 aliphatic carbocycles. The number of urea groups is 1. The molecule has 1 saturated heterocycles. The van der Waals surface area contributed by atoms with E-state index in [1.165, 1.54) is 24.3 Å². The van der Waals surface area contributed by atoms with Gasteiger partial charge in [0.25, 0.3) is 5.91 Å². The second kappa shape index (κ2) is 7.03. The van der Waals surface area contributed by atoms with Crippen molar-refractivity contribution in [2.24, 2.45) is 0 Å². The smallest absolute Gasteiger partial charge is 0.387 e. The number of nitrogens with zero attached hydrogens (tertiary/aromatic N) is 2. The minimum atomic E-state index is -2.94. The molecule has 0 spiro atoms. The topological polar surface area (TPSA) is 82.4 Å². The summed E-state index contributed by atoms with van der Waals surface area (Å²) >= 11 is 0. The molecule has 0 radical (unpaired) electrons. The third-order valence-electron chi connectivity index (χ3n) is 4.36. The highest BCUT2D eigenvalue weighted by atomic mass is 19.3. The summed E-state index contributed by atoms with van der Waals surface area (Å²) in [6, 6.07) is 13.5. The number of rotatable bonds is 5. The second-order valence-corrected chi connectivity index (χ2v) is 6.16. The van der Waals surface area contributed by atoms with Crippen LogP contribution in [0.5, 0.6) is 5.75 Å². The van der Waals surface area contributed by atoms with E-state index in [4.69, 9.17) is 5.26 Å². The number of halogens is 2. The maximum absolute atomic E-state index is 12.9. The zero-order valence-electron chi connectivity index (χ0n) is 14.3. The minimum Gasteiger partial charge on any atom is -0.435 e. The van der Waals surface area contributed by atoms with Gasteiger partial charge in [-0.2, -0.15) is 14.0 Å². The lowest BCUT2D eigenvalue weighted by Crippen LogP contribution is -2.40. The summed E-state index contributed by atoms with van der Waals surface area (Å²) in [5, 5.41) is 11.5. The molecule has 1 N–H and O–H groups in total. The Morgan fingerprint density at radius 2 is 1.78 bits per heavy atom. The van der Waals surface area contributed by atoms with E-state index in [0.717, 1.165) is 4.90 Å². The van der Waals surface area contributed by atoms with Crippen molar-refractivity contribution in [3.05, 3.63) is 65.2 Å². The Morgan fingerprint density at radius 3 is 2.33 bits per heavy atom. The van der Waals surface area contributed by atoms with Crippen molar-refractivity contribution < 1.29 is 23.1 Å². The van der Waals surface area contributed by atoms with Crippen LogP contribution in [0.2, 0.25) is 0 Å². The Labute approximate surface area is 154 Å². The lowest BCUT2D eigenvalue weighted by atomic mass is 9.92. The molecule has 0 saturated carbocycles. The number of hydrogen-bond acceptors (Lipinski definition) is 4. The largest absolute Gasteiger partial charge is 0.435 e. The predicted octanol–water partition coefficient (Wildman–Crippen LogP) is 3.13. The quantitative estimate of drug-likeness (QED) is 0.819. The van der Waals surface area contributed by atoms with Gasteiger partial charge in [-0.1, -0.05) is 24.3 Å². The standard InChI is InChI=1S/C19H15F2N3O3/c1-19(14-6-8-15(9-7-14)27-17(20)21)16(25)24(18(26)23-19)11-13-4-2-12(10-22)3-5-13/h2-9,17H,11H2,1H3,(H,23,26)/t19-/m1/s1. The molecule has 1 aliphatic heterocycles. The number of carbonyl (C=O) groups is 2. The monoisotopic (exact) mass is 371 g/mol. The molecule has 6 nitrogen and oxygen atoms in total. The van der Waals surface area contributed by atoms with Gasteiger partial charge in [0.2, 0.25) is 0 Å². The van der Waals surface area contributed by atoms with Crippen LogP contribution in [0.4, 0.5) is 13.6 Å². The van der Waals surface area contributed by atoms with E-state index in [1.54, 1.807) is 31.2 Å². The first-order chi connectivity index (χ1) is 12.8. The van der Waals surface area contributed by atoms with Gasteiger partial charge in [-0.3, -0.25) is 9.69 Å². The lowest BCUT2D eigenvalue weighted by Gasteiger charge is -2.22. The molecule has 2 aromatic rings. The first-order valence-corrected chi connectivity index (χ1v) is 8.02. The van der Waals surface area contributed by atoms with Crippen molar-refractivity contribution in [3.63, 3.8) is 0 Å². The maximum Gasteiger partial charge on any atom is 0.387 e. The molecule has 0 unspecified atom stereocenters. The van der Waals surface area contributed by atoms with Crippen LogP contribution in [0.25, 0.3) is 0 Å². The van der Waals surface area contributed by atoms with Crippen molar-refractivity contribution in [1.29, 1.82) is 5.26 Å². The van der Waals surface area contributed by atoms with Gasteiger partial charge in [0.05, 0.1) is 18.2 Å². The van der Waals surface area contributed by atoms with Crippen LogP contribution in [0, 0.1) is 11.3 Å². The second-order valence-electron chi connectivity index (χ2n) is 6.16. The van der Waals surface area contributed by atoms with Gasteiger partial charge in [0, 0.05) is 0 Å². The average Bonchev–Trinajstić information content (AvgIpc) is 2.86. The third-order valence-corrected chi connectivity index (χ3v) is 4.36. The van der Waals surface area contributed by atoms with Gasteiger partial charge in [-0.05, 0) is 42.3 Å². The fourth-order valence-electron chi connectivity index (χ4n) is 2.87. The molecular weight excluding hydrogens is 356 g/mol. The van der Waals surface area contributed by atoms with Crippen LogP contribution < -0.4 is 10.1 Å². The molecule has 2 aromatic carbocycles. The zero-order chi connectivity index (χ0) is 19.6. The summed E-state index contributed by atoms with van der Waals surface area (Å²) in [7, 11) is 0. The first-order valence-electron chi connectivity index (χ1n) is 8.02. The molecule has 27 heavy (non-hydrogen) atoms. The van der Waals surface area contributed by atoms with Gasteiger partial charge in [0.15, 0.2) is 0 Å². The highest BCUT2D eigenvalue weighted by molar-refractivity contribution is 6.07. The normalized spacial score (nSPS) is 19.1. The molecule has 3 rings (SSSR count). The Bertz CT molecular complexity index is 907. The molecule has 0 bridgehead atoms. The van der Waals surface area contributed by atoms with Crippen molar-refractivity contribution in [1.82, 2.24) is 10.2 Å². The molecule has 138 valence electrons. The molecule has 8 heteroatoms. The van der Waals surface area contributed by atoms with E-state index in [9.17, 15) is 18.4 Å². The van der Waals surface area contributed by atoms with E-state index >= 15 is 0 Å². The summed E-state index contributed by atoms with van der Waals surface area (Å²) in [6.45, 7) is -1.34. The van der Waals surface area contributed by atoms with Crippen molar-refractivity contribution >= 4 is 11.9 Å². The summed E-state index contributed by atoms with van der Waals surface area (Å²) in [5.74, 6) is -0.497. The van der Waals surface area contributed by atoms with E-state index in [1.807, 2.05) is 6.07 Å². The van der Waals surface area contributed by atoms with E-state index in [-0.39, 0.29) is 12.3 Å². The van der Waals surface area contributed by atoms with Gasteiger partial charge >= 0.3 is 12.6 Å². The number of benzene rings is 2.